The van der Waals surface area contributed by atoms with Crippen molar-refractivity contribution in [3.8, 4) is 6.07 Å². The van der Waals surface area contributed by atoms with Gasteiger partial charge in [-0.1, -0.05) is 70.8 Å². The Hall–Kier alpha value is -1.10. The molecule has 0 amide bonds. The standard InChI is InChI=1S/C22H37NO/c1-19-20(22(2,3)17-16-21(19)24)15-13-11-9-7-5-4-6-8-10-12-14-18-23/h4-17H2,1-3H3. The SMILES string of the molecule is CC1=C(CCCCCCCCCCCCC#N)C(C)(C)CCC1=O. The van der Waals surface area contributed by atoms with Gasteiger partial charge >= 0.3 is 0 Å². The number of nitriles is 1. The lowest BCUT2D eigenvalue weighted by Crippen LogP contribution is -2.25. The van der Waals surface area contributed by atoms with Crippen LogP contribution in [0.4, 0.5) is 0 Å². The van der Waals surface area contributed by atoms with Gasteiger partial charge in [0.1, 0.15) is 0 Å². The molecule has 0 spiro atoms. The van der Waals surface area contributed by atoms with Crippen LogP contribution in [0.2, 0.25) is 0 Å². The number of nitrogens with zero attached hydrogens (tertiary/aromatic N) is 1. The number of hydrogen-bond donors (Lipinski definition) is 0. The van der Waals surface area contributed by atoms with Crippen molar-refractivity contribution in [1.29, 1.82) is 5.26 Å². The zero-order chi connectivity index (χ0) is 17.8. The molecule has 0 bridgehead atoms. The van der Waals surface area contributed by atoms with Gasteiger partial charge in [-0.2, -0.15) is 5.26 Å². The molecule has 0 radical (unpaired) electrons. The van der Waals surface area contributed by atoms with Gasteiger partial charge in [-0.05, 0) is 43.6 Å². The lowest BCUT2D eigenvalue weighted by molar-refractivity contribution is -0.116. The van der Waals surface area contributed by atoms with Crippen LogP contribution in [0.5, 0.6) is 0 Å². The van der Waals surface area contributed by atoms with Crippen LogP contribution in [-0.2, 0) is 4.79 Å². The molecule has 0 fully saturated rings. The Kier molecular flexibility index (Phi) is 9.99. The summed E-state index contributed by atoms with van der Waals surface area (Å²) in [5.74, 6) is 0.374. The summed E-state index contributed by atoms with van der Waals surface area (Å²) < 4.78 is 0. The third kappa shape index (κ3) is 7.65. The van der Waals surface area contributed by atoms with Crippen LogP contribution in [0.1, 0.15) is 111 Å². The third-order valence-electron chi connectivity index (χ3n) is 5.63. The topological polar surface area (TPSA) is 40.9 Å². The van der Waals surface area contributed by atoms with Crippen molar-refractivity contribution in [3.63, 3.8) is 0 Å². The number of carbonyl (C=O) groups is 1. The predicted octanol–water partition coefficient (Wildman–Crippen LogP) is 6.90. The highest BCUT2D eigenvalue weighted by Gasteiger charge is 2.31. The molecule has 0 aromatic rings. The first-order valence-corrected chi connectivity index (χ1v) is 10.1. The zero-order valence-corrected chi connectivity index (χ0v) is 16.3. The minimum absolute atomic E-state index is 0.226. The lowest BCUT2D eigenvalue weighted by atomic mass is 9.70. The molecule has 0 aromatic heterocycles. The third-order valence-corrected chi connectivity index (χ3v) is 5.63. The molecule has 2 nitrogen and oxygen atoms in total. The van der Waals surface area contributed by atoms with E-state index in [4.69, 9.17) is 5.26 Å². The molecule has 0 heterocycles. The van der Waals surface area contributed by atoms with Crippen LogP contribution in [0.15, 0.2) is 11.1 Å². The fourth-order valence-corrected chi connectivity index (χ4v) is 3.89. The molecule has 0 aliphatic heterocycles. The highest BCUT2D eigenvalue weighted by Crippen LogP contribution is 2.41. The first-order chi connectivity index (χ1) is 11.5. The minimum atomic E-state index is 0.226. The van der Waals surface area contributed by atoms with E-state index < -0.39 is 0 Å². The van der Waals surface area contributed by atoms with Crippen LogP contribution >= 0.6 is 0 Å². The number of carbonyl (C=O) groups excluding carboxylic acids is 1. The zero-order valence-electron chi connectivity index (χ0n) is 16.3. The Bertz CT molecular complexity index is 453. The van der Waals surface area contributed by atoms with E-state index in [1.54, 1.807) is 0 Å². The maximum atomic E-state index is 11.9. The Balaban J connectivity index is 2.05. The number of hydrogen-bond acceptors (Lipinski definition) is 2. The summed E-state index contributed by atoms with van der Waals surface area (Å²) in [5, 5.41) is 8.48. The molecular formula is C22H37NO. The van der Waals surface area contributed by atoms with Crippen molar-refractivity contribution in [2.45, 2.75) is 111 Å². The number of ketones is 1. The van der Waals surface area contributed by atoms with E-state index in [-0.39, 0.29) is 5.41 Å². The normalized spacial score (nSPS) is 17.2. The molecule has 1 rings (SSSR count). The monoisotopic (exact) mass is 331 g/mol. The summed E-state index contributed by atoms with van der Waals surface area (Å²) >= 11 is 0. The van der Waals surface area contributed by atoms with Crippen molar-refractivity contribution < 1.29 is 4.79 Å². The van der Waals surface area contributed by atoms with Gasteiger partial charge in [0, 0.05) is 12.8 Å². The summed E-state index contributed by atoms with van der Waals surface area (Å²) in [6, 6.07) is 2.21. The molecular weight excluding hydrogens is 294 g/mol. The molecule has 1 aliphatic carbocycles. The first-order valence-electron chi connectivity index (χ1n) is 10.1. The number of unbranched alkanes of at least 4 members (excludes halogenated alkanes) is 10. The maximum Gasteiger partial charge on any atom is 0.158 e. The Labute approximate surface area is 149 Å². The van der Waals surface area contributed by atoms with Crippen LogP contribution in [0, 0.1) is 16.7 Å². The van der Waals surface area contributed by atoms with E-state index in [0.29, 0.717) is 5.78 Å². The molecule has 136 valence electrons. The molecule has 0 aromatic carbocycles. The molecule has 1 aliphatic rings. The highest BCUT2D eigenvalue weighted by atomic mass is 16.1. The molecule has 2 heteroatoms. The average Bonchev–Trinajstić information content (AvgIpc) is 2.55. The van der Waals surface area contributed by atoms with Crippen LogP contribution in [0.25, 0.3) is 0 Å². The van der Waals surface area contributed by atoms with E-state index in [9.17, 15) is 4.79 Å². The van der Waals surface area contributed by atoms with Gasteiger partial charge < -0.3 is 0 Å². The van der Waals surface area contributed by atoms with E-state index in [1.165, 1.54) is 63.4 Å². The van der Waals surface area contributed by atoms with Crippen molar-refractivity contribution in [1.82, 2.24) is 0 Å². The van der Waals surface area contributed by atoms with Gasteiger partial charge in [-0.3, -0.25) is 4.79 Å². The second kappa shape index (κ2) is 11.5. The average molecular weight is 332 g/mol. The van der Waals surface area contributed by atoms with E-state index in [1.807, 2.05) is 6.92 Å². The fraction of sp³-hybridized carbons (Fsp3) is 0.818. The predicted molar refractivity (Wildman–Crippen MR) is 102 cm³/mol. The summed E-state index contributed by atoms with van der Waals surface area (Å²) in [4.78, 5) is 11.9. The molecule has 0 N–H and O–H groups in total. The van der Waals surface area contributed by atoms with Gasteiger partial charge in [0.15, 0.2) is 5.78 Å². The van der Waals surface area contributed by atoms with Crippen molar-refractivity contribution in [2.24, 2.45) is 5.41 Å². The summed E-state index contributed by atoms with van der Waals surface area (Å²) in [6.07, 6.45) is 16.4. The second-order valence-corrected chi connectivity index (χ2v) is 8.10. The summed E-state index contributed by atoms with van der Waals surface area (Å²) in [6.45, 7) is 6.64. The molecule has 0 saturated heterocycles. The highest BCUT2D eigenvalue weighted by molar-refractivity contribution is 5.96. The van der Waals surface area contributed by atoms with Gasteiger partial charge in [-0.15, -0.1) is 0 Å². The van der Waals surface area contributed by atoms with E-state index >= 15 is 0 Å². The van der Waals surface area contributed by atoms with Gasteiger partial charge in [-0.25, -0.2) is 0 Å². The minimum Gasteiger partial charge on any atom is -0.295 e. The van der Waals surface area contributed by atoms with Crippen molar-refractivity contribution in [2.75, 3.05) is 0 Å². The Morgan fingerprint density at radius 1 is 0.917 bits per heavy atom. The smallest absolute Gasteiger partial charge is 0.158 e. The number of allylic oxidation sites excluding steroid dienone is 2. The molecule has 0 unspecified atom stereocenters. The quantitative estimate of drug-likeness (QED) is 0.365. The van der Waals surface area contributed by atoms with Crippen molar-refractivity contribution in [3.05, 3.63) is 11.1 Å². The largest absolute Gasteiger partial charge is 0.295 e. The number of Topliss-reactive ketones (excluding diaryl/α,β-unsaturated/α-hetero) is 1. The molecule has 24 heavy (non-hydrogen) atoms. The van der Waals surface area contributed by atoms with Crippen LogP contribution < -0.4 is 0 Å². The van der Waals surface area contributed by atoms with Gasteiger partial charge in [0.2, 0.25) is 0 Å². The molecule has 0 saturated carbocycles. The van der Waals surface area contributed by atoms with Crippen LogP contribution in [-0.4, -0.2) is 5.78 Å². The Morgan fingerprint density at radius 3 is 1.96 bits per heavy atom. The Morgan fingerprint density at radius 2 is 1.42 bits per heavy atom. The summed E-state index contributed by atoms with van der Waals surface area (Å²) in [7, 11) is 0. The van der Waals surface area contributed by atoms with E-state index in [0.717, 1.165) is 37.7 Å². The fourth-order valence-electron chi connectivity index (χ4n) is 3.89. The summed E-state index contributed by atoms with van der Waals surface area (Å²) in [5.41, 5.74) is 2.71. The number of rotatable bonds is 12. The van der Waals surface area contributed by atoms with Gasteiger partial charge in [0.05, 0.1) is 6.07 Å². The molecule has 0 atom stereocenters. The van der Waals surface area contributed by atoms with Crippen molar-refractivity contribution >= 4 is 5.78 Å². The lowest BCUT2D eigenvalue weighted by Gasteiger charge is -2.34. The maximum absolute atomic E-state index is 11.9. The second-order valence-electron chi connectivity index (χ2n) is 8.10. The van der Waals surface area contributed by atoms with E-state index in [2.05, 4.69) is 19.9 Å². The first kappa shape index (κ1) is 20.9. The van der Waals surface area contributed by atoms with Crippen LogP contribution in [0.3, 0.4) is 0 Å². The van der Waals surface area contributed by atoms with Gasteiger partial charge in [0.25, 0.3) is 0 Å².